The van der Waals surface area contributed by atoms with Crippen molar-refractivity contribution in [3.8, 4) is 11.8 Å². The van der Waals surface area contributed by atoms with Crippen LogP contribution in [0.15, 0.2) is 18.2 Å². The molecule has 0 fully saturated rings. The highest BCUT2D eigenvalue weighted by Crippen LogP contribution is 2.31. The molecule has 0 spiro atoms. The highest BCUT2D eigenvalue weighted by Gasteiger charge is 2.33. The fourth-order valence-electron chi connectivity index (χ4n) is 1.19. The van der Waals surface area contributed by atoms with E-state index in [1.807, 2.05) is 0 Å². The molecule has 1 aromatic rings. The van der Waals surface area contributed by atoms with Crippen molar-refractivity contribution in [3.05, 3.63) is 34.9 Å². The highest BCUT2D eigenvalue weighted by atomic mass is 79.9. The van der Waals surface area contributed by atoms with Crippen LogP contribution in [0.5, 0.6) is 0 Å². The SMILES string of the molecule is O=Cc1ccc(C#CCCBr)cc1C(F)(F)F. The fraction of sp³-hybridized carbons (Fsp3) is 0.250. The monoisotopic (exact) mass is 304 g/mol. The van der Waals surface area contributed by atoms with Crippen LogP contribution in [0.4, 0.5) is 13.2 Å². The highest BCUT2D eigenvalue weighted by molar-refractivity contribution is 9.09. The summed E-state index contributed by atoms with van der Waals surface area (Å²) in [4.78, 5) is 10.5. The second-order valence-corrected chi connectivity index (χ2v) is 3.95. The van der Waals surface area contributed by atoms with Gasteiger partial charge in [0.1, 0.15) is 0 Å². The molecular weight excluding hydrogens is 297 g/mol. The number of hydrogen-bond acceptors (Lipinski definition) is 1. The standard InChI is InChI=1S/C12H8BrF3O/c13-6-2-1-3-9-4-5-10(8-17)11(7-9)12(14,15)16/h4-5,7-8H,2,6H2. The summed E-state index contributed by atoms with van der Waals surface area (Å²) < 4.78 is 37.8. The molecule has 1 nitrogen and oxygen atoms in total. The van der Waals surface area contributed by atoms with Crippen molar-refractivity contribution in [3.63, 3.8) is 0 Å². The quantitative estimate of drug-likeness (QED) is 0.463. The number of rotatable bonds is 2. The molecule has 0 unspecified atom stereocenters. The topological polar surface area (TPSA) is 17.1 Å². The summed E-state index contributed by atoms with van der Waals surface area (Å²) in [5, 5.41) is 0.665. The maximum Gasteiger partial charge on any atom is 0.417 e. The minimum Gasteiger partial charge on any atom is -0.298 e. The molecule has 0 aliphatic rings. The molecular formula is C12H8BrF3O. The maximum atomic E-state index is 12.6. The lowest BCUT2D eigenvalue weighted by Gasteiger charge is -2.09. The van der Waals surface area contributed by atoms with Crippen molar-refractivity contribution in [2.75, 3.05) is 5.33 Å². The molecule has 0 aliphatic carbocycles. The Labute approximate surface area is 105 Å². The molecule has 0 saturated carbocycles. The van der Waals surface area contributed by atoms with Gasteiger partial charge in [0.05, 0.1) is 5.56 Å². The van der Waals surface area contributed by atoms with Crippen LogP contribution in [0.3, 0.4) is 0 Å². The Morgan fingerprint density at radius 3 is 2.59 bits per heavy atom. The van der Waals surface area contributed by atoms with Crippen molar-refractivity contribution >= 4 is 22.2 Å². The molecule has 1 aromatic carbocycles. The molecule has 0 saturated heterocycles. The second kappa shape index (κ2) is 5.87. The first-order chi connectivity index (χ1) is 7.99. The van der Waals surface area contributed by atoms with Crippen molar-refractivity contribution in [2.45, 2.75) is 12.6 Å². The first kappa shape index (κ1) is 13.8. The molecule has 1 rings (SSSR count). The summed E-state index contributed by atoms with van der Waals surface area (Å²) in [6.07, 6.45) is -3.79. The Hall–Kier alpha value is -1.28. The third-order valence-corrected chi connectivity index (χ3v) is 2.33. The van der Waals surface area contributed by atoms with Crippen molar-refractivity contribution in [1.29, 1.82) is 0 Å². The average Bonchev–Trinajstić information content (AvgIpc) is 2.28. The predicted octanol–water partition coefficient (Wildman–Crippen LogP) is 3.65. The minimum atomic E-state index is -4.54. The van der Waals surface area contributed by atoms with E-state index >= 15 is 0 Å². The number of hydrogen-bond donors (Lipinski definition) is 0. The largest absolute Gasteiger partial charge is 0.417 e. The Morgan fingerprint density at radius 2 is 2.06 bits per heavy atom. The molecule has 0 aliphatic heterocycles. The number of aldehydes is 1. The van der Waals surface area contributed by atoms with E-state index in [-0.39, 0.29) is 17.4 Å². The van der Waals surface area contributed by atoms with Crippen molar-refractivity contribution < 1.29 is 18.0 Å². The van der Waals surface area contributed by atoms with E-state index in [1.54, 1.807) is 0 Å². The third-order valence-electron chi connectivity index (χ3n) is 1.94. The van der Waals surface area contributed by atoms with E-state index in [4.69, 9.17) is 0 Å². The summed E-state index contributed by atoms with van der Waals surface area (Å²) in [6.45, 7) is 0. The van der Waals surface area contributed by atoms with Gasteiger partial charge in [-0.1, -0.05) is 27.8 Å². The number of alkyl halides is 4. The second-order valence-electron chi connectivity index (χ2n) is 3.16. The number of carbonyl (C=O) groups is 1. The van der Waals surface area contributed by atoms with Gasteiger partial charge in [0, 0.05) is 22.9 Å². The molecule has 0 bridgehead atoms. The van der Waals surface area contributed by atoms with Gasteiger partial charge >= 0.3 is 6.18 Å². The van der Waals surface area contributed by atoms with Crippen LogP contribution in [0.2, 0.25) is 0 Å². The average molecular weight is 305 g/mol. The Bertz CT molecular complexity index is 469. The van der Waals surface area contributed by atoms with Gasteiger partial charge in [0.25, 0.3) is 0 Å². The molecule has 90 valence electrons. The molecule has 0 aromatic heterocycles. The number of benzene rings is 1. The van der Waals surface area contributed by atoms with Crippen LogP contribution in [-0.4, -0.2) is 11.6 Å². The summed E-state index contributed by atoms with van der Waals surface area (Å²) in [7, 11) is 0. The van der Waals surface area contributed by atoms with Crippen LogP contribution < -0.4 is 0 Å². The zero-order valence-electron chi connectivity index (χ0n) is 8.64. The summed E-state index contributed by atoms with van der Waals surface area (Å²) in [5.74, 6) is 5.33. The molecule has 0 radical (unpaired) electrons. The third kappa shape index (κ3) is 3.90. The van der Waals surface area contributed by atoms with Gasteiger partial charge in [0.15, 0.2) is 6.29 Å². The number of carbonyl (C=O) groups excluding carboxylic acids is 1. The Kier molecular flexibility index (Phi) is 4.76. The van der Waals surface area contributed by atoms with E-state index in [9.17, 15) is 18.0 Å². The first-order valence-electron chi connectivity index (χ1n) is 4.70. The normalized spacial score (nSPS) is 10.6. The summed E-state index contributed by atoms with van der Waals surface area (Å²) in [6, 6.07) is 3.43. The first-order valence-corrected chi connectivity index (χ1v) is 5.82. The van der Waals surface area contributed by atoms with Gasteiger partial charge in [-0.3, -0.25) is 4.79 Å². The van der Waals surface area contributed by atoms with Gasteiger partial charge in [-0.05, 0) is 18.2 Å². The van der Waals surface area contributed by atoms with E-state index in [2.05, 4.69) is 27.8 Å². The van der Waals surface area contributed by atoms with Crippen LogP contribution in [0, 0.1) is 11.8 Å². The molecule has 5 heteroatoms. The summed E-state index contributed by atoms with van der Waals surface area (Å²) >= 11 is 3.16. The van der Waals surface area contributed by atoms with Gasteiger partial charge in [-0.25, -0.2) is 0 Å². The van der Waals surface area contributed by atoms with Crippen LogP contribution in [0.1, 0.15) is 27.9 Å². The predicted molar refractivity (Wildman–Crippen MR) is 62.1 cm³/mol. The van der Waals surface area contributed by atoms with Gasteiger partial charge in [0.2, 0.25) is 0 Å². The van der Waals surface area contributed by atoms with Gasteiger partial charge in [-0.15, -0.1) is 0 Å². The molecule has 0 N–H and O–H groups in total. The molecule has 0 amide bonds. The number of halogens is 4. The minimum absolute atomic E-state index is 0.193. The van der Waals surface area contributed by atoms with Crippen LogP contribution in [-0.2, 0) is 6.18 Å². The molecule has 0 atom stereocenters. The van der Waals surface area contributed by atoms with Crippen LogP contribution >= 0.6 is 15.9 Å². The summed E-state index contributed by atoms with van der Waals surface area (Å²) in [5.41, 5.74) is -1.06. The lowest BCUT2D eigenvalue weighted by atomic mass is 10.0. The lowest BCUT2D eigenvalue weighted by Crippen LogP contribution is -2.09. The lowest BCUT2D eigenvalue weighted by molar-refractivity contribution is -0.137. The van der Waals surface area contributed by atoms with E-state index in [1.165, 1.54) is 6.07 Å². The smallest absolute Gasteiger partial charge is 0.298 e. The maximum absolute atomic E-state index is 12.6. The Balaban J connectivity index is 3.15. The zero-order chi connectivity index (χ0) is 12.9. The van der Waals surface area contributed by atoms with Crippen LogP contribution in [0.25, 0.3) is 0 Å². The van der Waals surface area contributed by atoms with E-state index in [0.29, 0.717) is 11.8 Å². The van der Waals surface area contributed by atoms with Gasteiger partial charge < -0.3 is 0 Å². The van der Waals surface area contributed by atoms with Gasteiger partial charge in [-0.2, -0.15) is 13.2 Å². The van der Waals surface area contributed by atoms with Crippen molar-refractivity contribution in [2.24, 2.45) is 0 Å². The zero-order valence-corrected chi connectivity index (χ0v) is 10.2. The van der Waals surface area contributed by atoms with E-state index in [0.717, 1.165) is 12.1 Å². The fourth-order valence-corrected chi connectivity index (χ4v) is 1.39. The molecule has 0 heterocycles. The van der Waals surface area contributed by atoms with Crippen molar-refractivity contribution in [1.82, 2.24) is 0 Å². The Morgan fingerprint density at radius 1 is 1.35 bits per heavy atom. The molecule has 17 heavy (non-hydrogen) atoms. The van der Waals surface area contributed by atoms with E-state index < -0.39 is 11.7 Å².